The van der Waals surface area contributed by atoms with E-state index in [4.69, 9.17) is 15.6 Å². The summed E-state index contributed by atoms with van der Waals surface area (Å²) in [5, 5.41) is 18.3. The number of sulfonamides is 2. The number of esters is 1. The van der Waals surface area contributed by atoms with Crippen LogP contribution in [0.15, 0.2) is 52.3 Å². The molecule has 6 N–H and O–H groups in total. The number of nitrogens with zero attached hydrogens (tertiary/aromatic N) is 1. The van der Waals surface area contributed by atoms with Crippen molar-refractivity contribution in [1.29, 1.82) is 0 Å². The van der Waals surface area contributed by atoms with Crippen molar-refractivity contribution in [3.05, 3.63) is 52.6 Å². The molecule has 0 spiro atoms. The fourth-order valence-electron chi connectivity index (χ4n) is 2.35. The van der Waals surface area contributed by atoms with Crippen LogP contribution in [0, 0.1) is 10.1 Å². The molecule has 33 heavy (non-hydrogen) atoms. The van der Waals surface area contributed by atoms with E-state index in [0.29, 0.717) is 0 Å². The quantitative estimate of drug-likeness (QED) is 0.151. The van der Waals surface area contributed by atoms with Crippen LogP contribution in [0.5, 0.6) is 0 Å². The van der Waals surface area contributed by atoms with Gasteiger partial charge in [-0.1, -0.05) is 0 Å². The van der Waals surface area contributed by atoms with Gasteiger partial charge in [-0.05, 0) is 43.3 Å². The number of carbonyl (C=O) groups excluding carboxylic acids is 2. The van der Waals surface area contributed by atoms with E-state index < -0.39 is 60.1 Å². The van der Waals surface area contributed by atoms with E-state index in [0.717, 1.165) is 30.3 Å². The fourth-order valence-corrected chi connectivity index (χ4v) is 3.85. The normalized spacial score (nSPS) is 12.5. The molecular weight excluding hydrogens is 482 g/mol. The molecule has 1 amide bonds. The molecule has 178 valence electrons. The van der Waals surface area contributed by atoms with Gasteiger partial charge in [0.05, 0.1) is 14.7 Å². The molecule has 2 aromatic rings. The molecule has 1 unspecified atom stereocenters. The number of nitrogen functional groups attached to an aromatic ring is 1. The van der Waals surface area contributed by atoms with E-state index in [9.17, 15) is 36.5 Å². The van der Waals surface area contributed by atoms with E-state index >= 15 is 0 Å². The number of hydrogen-bond acceptors (Lipinski definition) is 10. The zero-order valence-electron chi connectivity index (χ0n) is 16.9. The van der Waals surface area contributed by atoms with Gasteiger partial charge in [-0.15, -0.1) is 0 Å². The predicted octanol–water partition coefficient (Wildman–Crippen LogP) is -0.327. The van der Waals surface area contributed by atoms with Gasteiger partial charge in [0.15, 0.2) is 6.10 Å². The Kier molecular flexibility index (Phi) is 7.70. The van der Waals surface area contributed by atoms with Crippen molar-refractivity contribution < 1.29 is 36.1 Å². The molecule has 0 aliphatic rings. The minimum Gasteiger partial charge on any atom is -0.452 e. The predicted molar refractivity (Wildman–Crippen MR) is 115 cm³/mol. The van der Waals surface area contributed by atoms with Gasteiger partial charge in [0, 0.05) is 11.8 Å². The number of carbonyl (C=O) groups is 2. The number of primary sulfonamides is 1. The number of rotatable bonds is 9. The highest BCUT2D eigenvalue weighted by molar-refractivity contribution is 7.89. The Balaban J connectivity index is 1.95. The Labute approximate surface area is 188 Å². The summed E-state index contributed by atoms with van der Waals surface area (Å²) < 4.78 is 53.8. The van der Waals surface area contributed by atoms with Crippen molar-refractivity contribution in [3.63, 3.8) is 0 Å². The van der Waals surface area contributed by atoms with Crippen molar-refractivity contribution in [2.75, 3.05) is 17.6 Å². The standard InChI is InChI=1S/C17H19N5O9S2/c1-10(17(24)21-11-2-4-12(5-3-11)32(19,27)28)31-16(23)9-20-33(29,30)13-6-7-14(18)15(8-13)22(25)26/h2-8,10,20H,9,18H2,1H3,(H,21,24)(H2,19,27,28). The average molecular weight is 501 g/mol. The van der Waals surface area contributed by atoms with Gasteiger partial charge in [0.2, 0.25) is 20.0 Å². The number of nitrogens with one attached hydrogen (secondary N) is 2. The summed E-state index contributed by atoms with van der Waals surface area (Å²) >= 11 is 0. The van der Waals surface area contributed by atoms with Gasteiger partial charge in [-0.2, -0.15) is 4.72 Å². The summed E-state index contributed by atoms with van der Waals surface area (Å²) in [6.07, 6.45) is -1.34. The SMILES string of the molecule is CC(OC(=O)CNS(=O)(=O)c1ccc(N)c([N+](=O)[O-])c1)C(=O)Nc1ccc(S(N)(=O)=O)cc1. The van der Waals surface area contributed by atoms with Gasteiger partial charge in [-0.3, -0.25) is 19.7 Å². The van der Waals surface area contributed by atoms with Crippen LogP contribution in [0.4, 0.5) is 17.1 Å². The van der Waals surface area contributed by atoms with Crippen molar-refractivity contribution in [2.45, 2.75) is 22.8 Å². The zero-order chi connectivity index (χ0) is 25.0. The maximum absolute atomic E-state index is 12.3. The van der Waals surface area contributed by atoms with Crippen LogP contribution in [0.25, 0.3) is 0 Å². The number of amides is 1. The summed E-state index contributed by atoms with van der Waals surface area (Å²) in [6.45, 7) is 0.366. The second kappa shape index (κ2) is 9.90. The number of ether oxygens (including phenoxy) is 1. The summed E-state index contributed by atoms with van der Waals surface area (Å²) in [5.41, 5.74) is 4.75. The molecule has 16 heteroatoms. The smallest absolute Gasteiger partial charge is 0.321 e. The highest BCUT2D eigenvalue weighted by Gasteiger charge is 2.23. The molecule has 0 bridgehead atoms. The molecule has 1 atom stereocenters. The van der Waals surface area contributed by atoms with Crippen LogP contribution in [0.2, 0.25) is 0 Å². The van der Waals surface area contributed by atoms with Crippen molar-refractivity contribution in [3.8, 4) is 0 Å². The number of nitrogens with two attached hydrogens (primary N) is 2. The largest absolute Gasteiger partial charge is 0.452 e. The maximum atomic E-state index is 12.3. The molecule has 0 saturated heterocycles. The first-order valence-electron chi connectivity index (χ1n) is 8.87. The third-order valence-electron chi connectivity index (χ3n) is 4.04. The second-order valence-corrected chi connectivity index (χ2v) is 9.82. The van der Waals surface area contributed by atoms with Crippen LogP contribution >= 0.6 is 0 Å². The molecule has 0 aliphatic carbocycles. The lowest BCUT2D eigenvalue weighted by molar-refractivity contribution is -0.384. The molecule has 2 rings (SSSR count). The Morgan fingerprint density at radius 1 is 1.09 bits per heavy atom. The van der Waals surface area contributed by atoms with E-state index in [1.807, 2.05) is 4.72 Å². The molecule has 0 heterocycles. The number of hydrogen-bond donors (Lipinski definition) is 4. The summed E-state index contributed by atoms with van der Waals surface area (Å²) in [4.78, 5) is 33.5. The molecule has 0 fully saturated rings. The average Bonchev–Trinajstić information content (AvgIpc) is 2.72. The van der Waals surface area contributed by atoms with Crippen molar-refractivity contribution in [2.24, 2.45) is 5.14 Å². The van der Waals surface area contributed by atoms with E-state index in [1.54, 1.807) is 0 Å². The number of benzene rings is 2. The Morgan fingerprint density at radius 3 is 2.21 bits per heavy atom. The molecule has 0 aromatic heterocycles. The molecule has 0 radical (unpaired) electrons. The van der Waals surface area contributed by atoms with Crippen molar-refractivity contribution in [1.82, 2.24) is 4.72 Å². The van der Waals surface area contributed by atoms with Crippen LogP contribution in [0.1, 0.15) is 6.92 Å². The van der Waals surface area contributed by atoms with Gasteiger partial charge >= 0.3 is 5.97 Å². The Bertz CT molecular complexity index is 1290. The first-order chi connectivity index (χ1) is 15.2. The molecule has 0 saturated carbocycles. The number of nitro groups is 1. The topological polar surface area (TPSA) is 231 Å². The first kappa shape index (κ1) is 25.7. The highest BCUT2D eigenvalue weighted by Crippen LogP contribution is 2.24. The highest BCUT2D eigenvalue weighted by atomic mass is 32.2. The number of nitro benzene ring substituents is 1. The lowest BCUT2D eigenvalue weighted by Gasteiger charge is -2.14. The molecule has 14 nitrogen and oxygen atoms in total. The Hall–Kier alpha value is -3.60. The molecule has 0 aliphatic heterocycles. The molecule has 2 aromatic carbocycles. The zero-order valence-corrected chi connectivity index (χ0v) is 18.6. The van der Waals surface area contributed by atoms with Gasteiger partial charge in [0.1, 0.15) is 12.2 Å². The van der Waals surface area contributed by atoms with Crippen LogP contribution in [-0.2, 0) is 34.4 Å². The van der Waals surface area contributed by atoms with Gasteiger partial charge in [-0.25, -0.2) is 22.0 Å². The third-order valence-corrected chi connectivity index (χ3v) is 6.37. The minimum absolute atomic E-state index is 0.168. The lowest BCUT2D eigenvalue weighted by Crippen LogP contribution is -2.35. The van der Waals surface area contributed by atoms with Crippen LogP contribution in [-0.4, -0.2) is 46.3 Å². The first-order valence-corrected chi connectivity index (χ1v) is 11.9. The second-order valence-electron chi connectivity index (χ2n) is 6.49. The van der Waals surface area contributed by atoms with E-state index in [2.05, 4.69) is 5.32 Å². The van der Waals surface area contributed by atoms with Crippen LogP contribution in [0.3, 0.4) is 0 Å². The molecular formula is C17H19N5O9S2. The van der Waals surface area contributed by atoms with E-state index in [1.165, 1.54) is 19.1 Å². The summed E-state index contributed by atoms with van der Waals surface area (Å²) in [5.74, 6) is -1.88. The fraction of sp³-hybridized carbons (Fsp3) is 0.176. The third kappa shape index (κ3) is 6.94. The van der Waals surface area contributed by atoms with Crippen LogP contribution < -0.4 is 20.9 Å². The lowest BCUT2D eigenvalue weighted by atomic mass is 10.3. The Morgan fingerprint density at radius 2 is 1.67 bits per heavy atom. The maximum Gasteiger partial charge on any atom is 0.321 e. The summed E-state index contributed by atoms with van der Waals surface area (Å²) in [6, 6.07) is 7.66. The van der Waals surface area contributed by atoms with Gasteiger partial charge in [0.25, 0.3) is 11.6 Å². The summed E-state index contributed by atoms with van der Waals surface area (Å²) in [7, 11) is -8.22. The monoisotopic (exact) mass is 501 g/mol. The minimum atomic E-state index is -4.32. The number of anilines is 2. The van der Waals surface area contributed by atoms with E-state index in [-0.39, 0.29) is 16.3 Å². The van der Waals surface area contributed by atoms with Gasteiger partial charge < -0.3 is 15.8 Å². The van der Waals surface area contributed by atoms with Crippen molar-refractivity contribution >= 4 is 49.0 Å².